The molecular formula is C18H22N2O4. The quantitative estimate of drug-likeness (QED) is 0.574. The number of rotatable bonds is 8. The number of pyridine rings is 1. The van der Waals surface area contributed by atoms with E-state index in [1.54, 1.807) is 30.3 Å². The van der Waals surface area contributed by atoms with Crippen molar-refractivity contribution in [2.75, 3.05) is 13.2 Å². The second kappa shape index (κ2) is 8.86. The van der Waals surface area contributed by atoms with E-state index >= 15 is 0 Å². The summed E-state index contributed by atoms with van der Waals surface area (Å²) in [7, 11) is 0. The van der Waals surface area contributed by atoms with Gasteiger partial charge in [-0.1, -0.05) is 44.4 Å². The van der Waals surface area contributed by atoms with Crippen LogP contribution in [0.2, 0.25) is 0 Å². The maximum Gasteiger partial charge on any atom is 0.355 e. The van der Waals surface area contributed by atoms with E-state index in [0.29, 0.717) is 17.3 Å². The molecule has 0 aliphatic rings. The van der Waals surface area contributed by atoms with Gasteiger partial charge in [0.25, 0.3) is 11.5 Å². The van der Waals surface area contributed by atoms with Crippen LogP contribution in [0.25, 0.3) is 10.8 Å². The predicted molar refractivity (Wildman–Crippen MR) is 92.0 cm³/mol. The van der Waals surface area contributed by atoms with Crippen molar-refractivity contribution >= 4 is 22.6 Å². The summed E-state index contributed by atoms with van der Waals surface area (Å²) >= 11 is 0. The molecule has 6 nitrogen and oxygen atoms in total. The van der Waals surface area contributed by atoms with Crippen LogP contribution in [0.1, 0.15) is 43.1 Å². The molecular weight excluding hydrogens is 308 g/mol. The smallest absolute Gasteiger partial charge is 0.355 e. The van der Waals surface area contributed by atoms with Gasteiger partial charge in [0.15, 0.2) is 6.61 Å². The Morgan fingerprint density at radius 2 is 1.96 bits per heavy atom. The van der Waals surface area contributed by atoms with Gasteiger partial charge in [-0.2, -0.15) is 0 Å². The number of unbranched alkanes of at least 4 members (excludes halogenated alkanes) is 3. The third-order valence-electron chi connectivity index (χ3n) is 3.66. The second-order valence-corrected chi connectivity index (χ2v) is 5.59. The first kappa shape index (κ1) is 17.7. The highest BCUT2D eigenvalue weighted by molar-refractivity contribution is 5.94. The Balaban J connectivity index is 1.86. The molecule has 1 amide bonds. The molecule has 0 fully saturated rings. The van der Waals surface area contributed by atoms with Gasteiger partial charge in [-0.15, -0.1) is 0 Å². The van der Waals surface area contributed by atoms with Crippen molar-refractivity contribution in [1.82, 2.24) is 10.3 Å². The number of benzene rings is 1. The van der Waals surface area contributed by atoms with E-state index in [1.807, 2.05) is 0 Å². The van der Waals surface area contributed by atoms with Gasteiger partial charge in [0.1, 0.15) is 5.69 Å². The van der Waals surface area contributed by atoms with Gasteiger partial charge < -0.3 is 15.0 Å². The van der Waals surface area contributed by atoms with Crippen LogP contribution in [0.15, 0.2) is 35.1 Å². The van der Waals surface area contributed by atoms with Crippen LogP contribution in [0.3, 0.4) is 0 Å². The zero-order chi connectivity index (χ0) is 17.4. The van der Waals surface area contributed by atoms with E-state index < -0.39 is 5.97 Å². The Hall–Kier alpha value is -2.63. The van der Waals surface area contributed by atoms with Crippen molar-refractivity contribution in [3.05, 3.63) is 46.4 Å². The molecule has 0 aliphatic heterocycles. The average Bonchev–Trinajstić information content (AvgIpc) is 2.59. The normalized spacial score (nSPS) is 10.5. The third-order valence-corrected chi connectivity index (χ3v) is 3.66. The summed E-state index contributed by atoms with van der Waals surface area (Å²) in [5.74, 6) is -1.07. The van der Waals surface area contributed by atoms with E-state index in [0.717, 1.165) is 25.7 Å². The summed E-state index contributed by atoms with van der Waals surface area (Å²) in [6, 6.07) is 8.49. The van der Waals surface area contributed by atoms with E-state index in [-0.39, 0.29) is 23.8 Å². The lowest BCUT2D eigenvalue weighted by Gasteiger charge is -2.07. The fraction of sp³-hybridized carbons (Fsp3) is 0.389. The molecule has 1 aromatic carbocycles. The van der Waals surface area contributed by atoms with Crippen LogP contribution >= 0.6 is 0 Å². The molecule has 0 spiro atoms. The topological polar surface area (TPSA) is 88.3 Å². The Kier molecular flexibility index (Phi) is 6.54. The lowest BCUT2D eigenvalue weighted by molar-refractivity contribution is -0.124. The monoisotopic (exact) mass is 330 g/mol. The fourth-order valence-corrected chi connectivity index (χ4v) is 2.36. The number of ether oxygens (including phenoxy) is 1. The first-order valence-electron chi connectivity index (χ1n) is 8.17. The number of aromatic amines is 1. The molecule has 2 N–H and O–H groups in total. The number of hydrogen-bond donors (Lipinski definition) is 2. The number of fused-ring (bicyclic) bond motifs is 1. The van der Waals surface area contributed by atoms with Crippen LogP contribution < -0.4 is 10.9 Å². The minimum Gasteiger partial charge on any atom is -0.451 e. The van der Waals surface area contributed by atoms with Crippen molar-refractivity contribution in [3.63, 3.8) is 0 Å². The summed E-state index contributed by atoms with van der Waals surface area (Å²) < 4.78 is 4.95. The maximum absolute atomic E-state index is 12.0. The zero-order valence-corrected chi connectivity index (χ0v) is 13.8. The van der Waals surface area contributed by atoms with Crippen LogP contribution in [0.4, 0.5) is 0 Å². The van der Waals surface area contributed by atoms with E-state index in [2.05, 4.69) is 17.2 Å². The number of esters is 1. The molecule has 0 bridgehead atoms. The van der Waals surface area contributed by atoms with E-state index in [1.165, 1.54) is 0 Å². The summed E-state index contributed by atoms with van der Waals surface area (Å²) in [5.41, 5.74) is -0.324. The fourth-order valence-electron chi connectivity index (χ4n) is 2.36. The summed E-state index contributed by atoms with van der Waals surface area (Å²) in [6.45, 7) is 2.33. The molecule has 0 atom stereocenters. The Bertz CT molecular complexity index is 767. The molecule has 24 heavy (non-hydrogen) atoms. The number of amides is 1. The predicted octanol–water partition coefficient (Wildman–Crippen LogP) is 2.38. The molecule has 0 saturated heterocycles. The number of H-pyrrole nitrogens is 1. The van der Waals surface area contributed by atoms with Gasteiger partial charge in [0.05, 0.1) is 0 Å². The standard InChI is InChI=1S/C18H22N2O4/c1-2-3-4-7-10-19-16(21)12-24-18(23)15-11-13-8-5-6-9-14(13)17(22)20-15/h5-6,8-9,11H,2-4,7,10,12H2,1H3,(H,19,21)(H,20,22). The Morgan fingerprint density at radius 3 is 2.75 bits per heavy atom. The highest BCUT2D eigenvalue weighted by Gasteiger charge is 2.12. The number of carbonyl (C=O) groups excluding carboxylic acids is 2. The lowest BCUT2D eigenvalue weighted by atomic mass is 10.1. The third kappa shape index (κ3) is 4.94. The average molecular weight is 330 g/mol. The number of carbonyl (C=O) groups is 2. The van der Waals surface area contributed by atoms with Crippen molar-refractivity contribution in [2.24, 2.45) is 0 Å². The SMILES string of the molecule is CCCCCCNC(=O)COC(=O)c1cc2ccccc2c(=O)[nH]1. The van der Waals surface area contributed by atoms with Gasteiger partial charge in [-0.3, -0.25) is 9.59 Å². The summed E-state index contributed by atoms with van der Waals surface area (Å²) in [4.78, 5) is 38.0. The molecule has 0 saturated carbocycles. The first-order chi connectivity index (χ1) is 11.6. The molecule has 2 aromatic rings. The largest absolute Gasteiger partial charge is 0.451 e. The summed E-state index contributed by atoms with van der Waals surface area (Å²) in [6.07, 6.45) is 4.25. The van der Waals surface area contributed by atoms with Crippen LogP contribution in [-0.4, -0.2) is 30.0 Å². The second-order valence-electron chi connectivity index (χ2n) is 5.59. The van der Waals surface area contributed by atoms with Gasteiger partial charge in [-0.25, -0.2) is 4.79 Å². The van der Waals surface area contributed by atoms with Gasteiger partial charge in [0.2, 0.25) is 0 Å². The highest BCUT2D eigenvalue weighted by atomic mass is 16.5. The summed E-state index contributed by atoms with van der Waals surface area (Å²) in [5, 5.41) is 3.85. The van der Waals surface area contributed by atoms with Crippen LogP contribution in [-0.2, 0) is 9.53 Å². The van der Waals surface area contributed by atoms with Crippen molar-refractivity contribution in [2.45, 2.75) is 32.6 Å². The number of aromatic nitrogens is 1. The van der Waals surface area contributed by atoms with E-state index in [4.69, 9.17) is 4.74 Å². The van der Waals surface area contributed by atoms with Crippen LogP contribution in [0, 0.1) is 0 Å². The number of hydrogen-bond acceptors (Lipinski definition) is 4. The Labute approximate surface area is 140 Å². The first-order valence-corrected chi connectivity index (χ1v) is 8.17. The molecule has 2 rings (SSSR count). The molecule has 1 aromatic heterocycles. The molecule has 6 heteroatoms. The highest BCUT2D eigenvalue weighted by Crippen LogP contribution is 2.10. The Morgan fingerprint density at radius 1 is 1.17 bits per heavy atom. The van der Waals surface area contributed by atoms with Crippen molar-refractivity contribution in [3.8, 4) is 0 Å². The van der Waals surface area contributed by atoms with E-state index in [9.17, 15) is 14.4 Å². The molecule has 0 aliphatic carbocycles. The number of nitrogens with one attached hydrogen (secondary N) is 2. The maximum atomic E-state index is 12.0. The van der Waals surface area contributed by atoms with Gasteiger partial charge in [0, 0.05) is 11.9 Å². The zero-order valence-electron chi connectivity index (χ0n) is 13.8. The van der Waals surface area contributed by atoms with Crippen molar-refractivity contribution < 1.29 is 14.3 Å². The molecule has 0 radical (unpaired) electrons. The molecule has 128 valence electrons. The minimum atomic E-state index is -0.723. The minimum absolute atomic E-state index is 0.0365. The van der Waals surface area contributed by atoms with Crippen molar-refractivity contribution in [1.29, 1.82) is 0 Å². The molecule has 0 unspecified atom stereocenters. The van der Waals surface area contributed by atoms with Crippen LogP contribution in [0.5, 0.6) is 0 Å². The van der Waals surface area contributed by atoms with Gasteiger partial charge >= 0.3 is 5.97 Å². The molecule has 1 heterocycles. The van der Waals surface area contributed by atoms with Gasteiger partial charge in [-0.05, 0) is 23.9 Å². The lowest BCUT2D eigenvalue weighted by Crippen LogP contribution is -2.30.